The maximum absolute atomic E-state index is 14.1. The Kier molecular flexibility index (Phi) is 5.54. The van der Waals surface area contributed by atoms with Crippen LogP contribution in [-0.2, 0) is 19.5 Å². The number of nitrogens with two attached hydrogens (primary N) is 1. The molecule has 2 aliphatic rings. The van der Waals surface area contributed by atoms with Gasteiger partial charge in [-0.1, -0.05) is 0 Å². The van der Waals surface area contributed by atoms with E-state index in [9.17, 15) is 17.6 Å². The van der Waals surface area contributed by atoms with Crippen molar-refractivity contribution in [2.45, 2.75) is 48.8 Å². The number of amides is 1. The van der Waals surface area contributed by atoms with Crippen molar-refractivity contribution in [2.75, 3.05) is 11.9 Å². The number of ether oxygens (including phenoxy) is 2. The number of rotatable bonds is 6. The van der Waals surface area contributed by atoms with E-state index in [0.29, 0.717) is 12.0 Å². The highest BCUT2D eigenvalue weighted by atomic mass is 32.2. The number of nitrogens with one attached hydrogen (secondary N) is 2. The Morgan fingerprint density at radius 1 is 1.32 bits per heavy atom. The molecule has 1 amide bonds. The monoisotopic (exact) mass is 451 g/mol. The van der Waals surface area contributed by atoms with Gasteiger partial charge in [0.05, 0.1) is 23.3 Å². The summed E-state index contributed by atoms with van der Waals surface area (Å²) in [5, 5.41) is 10.5. The molecule has 1 saturated heterocycles. The van der Waals surface area contributed by atoms with Gasteiger partial charge in [-0.05, 0) is 38.0 Å². The molecule has 0 spiro atoms. The summed E-state index contributed by atoms with van der Waals surface area (Å²) in [7, 11) is -4.00. The number of nitrogens with zero attached hydrogens (tertiary/aromatic N) is 2. The minimum Gasteiger partial charge on any atom is -0.444 e. The number of hydrogen-bond acceptors (Lipinski definition) is 8. The van der Waals surface area contributed by atoms with Crippen LogP contribution in [0.5, 0.6) is 0 Å². The van der Waals surface area contributed by atoms with E-state index < -0.39 is 21.9 Å². The normalized spacial score (nSPS) is 22.0. The van der Waals surface area contributed by atoms with Crippen molar-refractivity contribution in [2.24, 2.45) is 5.14 Å². The van der Waals surface area contributed by atoms with Gasteiger partial charge in [0.2, 0.25) is 16.0 Å². The molecule has 2 unspecified atom stereocenters. The van der Waals surface area contributed by atoms with Crippen LogP contribution in [0.1, 0.15) is 37.9 Å². The standard InChI is InChI=1S/C19H22FN5O5S/c1-19(4-5-19)25-18(26)30-12-6-16(29-10-12)11-8-22-17(23-9-11)24-15-3-2-13(7-14(15)20)31(21,27)28/h2-3,7-9,12,16H,4-6,10H2,1H3,(H,25,26)(H2,21,27,28)(H,22,23,24). The number of hydrogen-bond donors (Lipinski definition) is 3. The zero-order valence-corrected chi connectivity index (χ0v) is 17.5. The van der Waals surface area contributed by atoms with Gasteiger partial charge in [0.25, 0.3) is 0 Å². The van der Waals surface area contributed by atoms with Crippen LogP contribution in [0.3, 0.4) is 0 Å². The number of aromatic nitrogens is 2. The third kappa shape index (κ3) is 5.27. The summed E-state index contributed by atoms with van der Waals surface area (Å²) in [5.74, 6) is -0.689. The zero-order valence-electron chi connectivity index (χ0n) is 16.7. The van der Waals surface area contributed by atoms with Crippen LogP contribution in [0.4, 0.5) is 20.8 Å². The lowest BCUT2D eigenvalue weighted by Crippen LogP contribution is -2.37. The van der Waals surface area contributed by atoms with Crippen molar-refractivity contribution in [3.8, 4) is 0 Å². The number of carbonyl (C=O) groups excluding carboxylic acids is 1. The predicted octanol–water partition coefficient (Wildman–Crippen LogP) is 2.12. The molecule has 166 valence electrons. The van der Waals surface area contributed by atoms with Gasteiger partial charge >= 0.3 is 6.09 Å². The molecular weight excluding hydrogens is 429 g/mol. The van der Waals surface area contributed by atoms with Gasteiger partial charge in [0.1, 0.15) is 11.9 Å². The number of benzene rings is 1. The fourth-order valence-electron chi connectivity index (χ4n) is 3.12. The first-order valence-electron chi connectivity index (χ1n) is 9.63. The van der Waals surface area contributed by atoms with E-state index in [1.54, 1.807) is 0 Å². The SMILES string of the molecule is CC1(NC(=O)OC2COC(c3cnc(Nc4ccc(S(N)(=O)=O)cc4F)nc3)C2)CC1. The van der Waals surface area contributed by atoms with Crippen LogP contribution < -0.4 is 15.8 Å². The Morgan fingerprint density at radius 2 is 2.03 bits per heavy atom. The topological polar surface area (TPSA) is 146 Å². The molecule has 2 aromatic rings. The second-order valence-corrected chi connectivity index (χ2v) is 9.48. The summed E-state index contributed by atoms with van der Waals surface area (Å²) >= 11 is 0. The number of sulfonamides is 1. The summed E-state index contributed by atoms with van der Waals surface area (Å²) < 4.78 is 47.8. The van der Waals surface area contributed by atoms with E-state index >= 15 is 0 Å². The Balaban J connectivity index is 1.34. The summed E-state index contributed by atoms with van der Waals surface area (Å²) in [6.07, 6.45) is 4.30. The fraction of sp³-hybridized carbons (Fsp3) is 0.421. The van der Waals surface area contributed by atoms with E-state index in [1.165, 1.54) is 24.5 Å². The Bertz CT molecular complexity index is 1090. The molecule has 1 saturated carbocycles. The minimum atomic E-state index is -4.00. The molecule has 12 heteroatoms. The molecule has 0 bridgehead atoms. The van der Waals surface area contributed by atoms with E-state index in [-0.39, 0.29) is 40.9 Å². The predicted molar refractivity (Wildman–Crippen MR) is 107 cm³/mol. The Morgan fingerprint density at radius 3 is 2.65 bits per heavy atom. The first-order valence-corrected chi connectivity index (χ1v) is 11.2. The van der Waals surface area contributed by atoms with Crippen LogP contribution >= 0.6 is 0 Å². The van der Waals surface area contributed by atoms with Crippen LogP contribution in [0, 0.1) is 5.82 Å². The van der Waals surface area contributed by atoms with E-state index in [2.05, 4.69) is 20.6 Å². The molecule has 31 heavy (non-hydrogen) atoms. The van der Waals surface area contributed by atoms with Gasteiger partial charge in [-0.2, -0.15) is 0 Å². The van der Waals surface area contributed by atoms with Crippen molar-refractivity contribution < 1.29 is 27.1 Å². The lowest BCUT2D eigenvalue weighted by atomic mass is 10.1. The maximum Gasteiger partial charge on any atom is 0.407 e. The third-order valence-electron chi connectivity index (χ3n) is 5.20. The average Bonchev–Trinajstić information content (AvgIpc) is 3.23. The summed E-state index contributed by atoms with van der Waals surface area (Å²) in [4.78, 5) is 19.9. The smallest absolute Gasteiger partial charge is 0.407 e. The highest BCUT2D eigenvalue weighted by Crippen LogP contribution is 2.35. The van der Waals surface area contributed by atoms with Crippen LogP contribution in [-0.4, -0.2) is 42.7 Å². The maximum atomic E-state index is 14.1. The Labute approximate surface area is 178 Å². The zero-order chi connectivity index (χ0) is 22.2. The van der Waals surface area contributed by atoms with Gasteiger partial charge < -0.3 is 20.1 Å². The highest BCUT2D eigenvalue weighted by molar-refractivity contribution is 7.89. The molecule has 2 atom stereocenters. The molecule has 1 aliphatic heterocycles. The van der Waals surface area contributed by atoms with Crippen molar-refractivity contribution in [1.82, 2.24) is 15.3 Å². The molecule has 4 N–H and O–H groups in total. The molecule has 1 aliphatic carbocycles. The van der Waals surface area contributed by atoms with Gasteiger partial charge in [-0.15, -0.1) is 0 Å². The van der Waals surface area contributed by atoms with Crippen molar-refractivity contribution in [3.63, 3.8) is 0 Å². The highest BCUT2D eigenvalue weighted by Gasteiger charge is 2.40. The van der Waals surface area contributed by atoms with Gasteiger partial charge in [0.15, 0.2) is 0 Å². The summed E-state index contributed by atoms with van der Waals surface area (Å²) in [5.41, 5.74) is 0.544. The van der Waals surface area contributed by atoms with Crippen LogP contribution in [0.2, 0.25) is 0 Å². The molecule has 2 fully saturated rings. The third-order valence-corrected chi connectivity index (χ3v) is 6.11. The number of carbonyl (C=O) groups is 1. The van der Waals surface area contributed by atoms with Gasteiger partial charge in [-0.25, -0.2) is 32.7 Å². The lowest BCUT2D eigenvalue weighted by Gasteiger charge is -2.15. The number of halogens is 1. The number of primary sulfonamides is 1. The summed E-state index contributed by atoms with van der Waals surface area (Å²) in [6, 6.07) is 3.24. The molecule has 2 heterocycles. The molecular formula is C19H22FN5O5S. The van der Waals surface area contributed by atoms with Crippen LogP contribution in [0.15, 0.2) is 35.5 Å². The van der Waals surface area contributed by atoms with Crippen molar-refractivity contribution >= 4 is 27.8 Å². The number of alkyl carbamates (subject to hydrolysis) is 1. The van der Waals surface area contributed by atoms with Crippen molar-refractivity contribution in [3.05, 3.63) is 42.0 Å². The van der Waals surface area contributed by atoms with E-state index in [4.69, 9.17) is 14.6 Å². The minimum absolute atomic E-state index is 0.00102. The van der Waals surface area contributed by atoms with E-state index in [1.807, 2.05) is 6.92 Å². The van der Waals surface area contributed by atoms with E-state index in [0.717, 1.165) is 18.9 Å². The first-order chi connectivity index (χ1) is 14.6. The van der Waals surface area contributed by atoms with Crippen LogP contribution in [0.25, 0.3) is 0 Å². The average molecular weight is 451 g/mol. The quantitative estimate of drug-likeness (QED) is 0.605. The molecule has 0 radical (unpaired) electrons. The van der Waals surface area contributed by atoms with Gasteiger partial charge in [0, 0.05) is 29.9 Å². The van der Waals surface area contributed by atoms with Crippen molar-refractivity contribution in [1.29, 1.82) is 0 Å². The molecule has 4 rings (SSSR count). The second-order valence-electron chi connectivity index (χ2n) is 7.92. The molecule has 10 nitrogen and oxygen atoms in total. The fourth-order valence-corrected chi connectivity index (χ4v) is 3.64. The molecule has 1 aromatic carbocycles. The Hall–Kier alpha value is -2.83. The molecule has 1 aromatic heterocycles. The number of anilines is 2. The van der Waals surface area contributed by atoms with Gasteiger partial charge in [-0.3, -0.25) is 0 Å². The first kappa shape index (κ1) is 21.4. The second kappa shape index (κ2) is 8.02. The summed E-state index contributed by atoms with van der Waals surface area (Å²) in [6.45, 7) is 2.24. The lowest BCUT2D eigenvalue weighted by molar-refractivity contribution is 0.0683. The largest absolute Gasteiger partial charge is 0.444 e.